The van der Waals surface area contributed by atoms with E-state index in [2.05, 4.69) is 4.74 Å². The number of benzene rings is 3. The molecule has 0 aliphatic carbocycles. The lowest BCUT2D eigenvalue weighted by molar-refractivity contribution is -0.274. The van der Waals surface area contributed by atoms with Crippen LogP contribution in [0.5, 0.6) is 5.75 Å². The predicted molar refractivity (Wildman–Crippen MR) is 117 cm³/mol. The molecule has 9 heteroatoms. The summed E-state index contributed by atoms with van der Waals surface area (Å²) in [5.41, 5.74) is 2.55. The van der Waals surface area contributed by atoms with Gasteiger partial charge in [0, 0.05) is 0 Å². The minimum Gasteiger partial charge on any atom is -0.406 e. The van der Waals surface area contributed by atoms with Crippen molar-refractivity contribution in [2.45, 2.75) is 25.4 Å². The molecule has 0 radical (unpaired) electrons. The number of amides is 2. The molecule has 6 nitrogen and oxygen atoms in total. The highest BCUT2D eigenvalue weighted by molar-refractivity contribution is 6.23. The number of imide groups is 1. The van der Waals surface area contributed by atoms with Gasteiger partial charge in [0.25, 0.3) is 5.91 Å². The number of carbonyl (C=O) groups excluding carboxylic acids is 2. The molecule has 2 aliphatic heterocycles. The Morgan fingerprint density at radius 1 is 0.824 bits per heavy atom. The molecule has 174 valence electrons. The summed E-state index contributed by atoms with van der Waals surface area (Å²) in [5, 5.41) is 1.48. The molecule has 2 heterocycles. The molecule has 2 saturated heterocycles. The second-order valence-corrected chi connectivity index (χ2v) is 8.12. The number of para-hydroxylation sites is 1. The number of carbonyl (C=O) groups is 2. The van der Waals surface area contributed by atoms with E-state index in [1.165, 1.54) is 29.3 Å². The molecule has 3 atom stereocenters. The van der Waals surface area contributed by atoms with Crippen molar-refractivity contribution in [1.82, 2.24) is 0 Å². The first-order chi connectivity index (χ1) is 16.2. The van der Waals surface area contributed by atoms with Crippen LogP contribution in [0, 0.1) is 12.8 Å². The maximum Gasteiger partial charge on any atom is 0.573 e. The Kier molecular flexibility index (Phi) is 5.28. The Morgan fingerprint density at radius 3 is 2.09 bits per heavy atom. The summed E-state index contributed by atoms with van der Waals surface area (Å²) in [6.07, 6.45) is -5.88. The maximum atomic E-state index is 13.5. The van der Waals surface area contributed by atoms with Gasteiger partial charge >= 0.3 is 6.36 Å². The SMILES string of the molecule is Cc1ccc(N2C(=O)[C@H]3[C@@H](c4ccc(OC(F)(F)F)cc4)N(c4ccccc4)O[C@H]3C2=O)cc1. The summed E-state index contributed by atoms with van der Waals surface area (Å²) in [4.78, 5) is 33.9. The molecule has 3 aromatic rings. The fraction of sp³-hybridized carbons (Fsp3) is 0.200. The van der Waals surface area contributed by atoms with E-state index in [1.807, 2.05) is 13.0 Å². The van der Waals surface area contributed by atoms with Crippen molar-refractivity contribution in [2.75, 3.05) is 9.96 Å². The van der Waals surface area contributed by atoms with Gasteiger partial charge in [0.15, 0.2) is 6.10 Å². The van der Waals surface area contributed by atoms with E-state index in [4.69, 9.17) is 4.84 Å². The zero-order valence-corrected chi connectivity index (χ0v) is 17.9. The lowest BCUT2D eigenvalue weighted by Crippen LogP contribution is -2.37. The maximum absolute atomic E-state index is 13.5. The Labute approximate surface area is 193 Å². The number of hydroxylamine groups is 1. The van der Waals surface area contributed by atoms with Gasteiger partial charge in [0.1, 0.15) is 11.7 Å². The summed E-state index contributed by atoms with van der Waals surface area (Å²) in [6, 6.07) is 20.4. The summed E-state index contributed by atoms with van der Waals surface area (Å²) in [6.45, 7) is 1.90. The molecule has 0 bridgehead atoms. The minimum absolute atomic E-state index is 0.381. The fourth-order valence-corrected chi connectivity index (χ4v) is 4.37. The van der Waals surface area contributed by atoms with Crippen LogP contribution in [0.3, 0.4) is 0 Å². The van der Waals surface area contributed by atoms with Gasteiger partial charge in [-0.3, -0.25) is 14.4 Å². The second kappa shape index (κ2) is 8.18. The average molecular weight is 468 g/mol. The fourth-order valence-electron chi connectivity index (χ4n) is 4.37. The predicted octanol–water partition coefficient (Wildman–Crippen LogP) is 4.94. The van der Waals surface area contributed by atoms with Gasteiger partial charge < -0.3 is 4.74 Å². The van der Waals surface area contributed by atoms with Crippen LogP contribution in [0.2, 0.25) is 0 Å². The quantitative estimate of drug-likeness (QED) is 0.508. The summed E-state index contributed by atoms with van der Waals surface area (Å²) in [7, 11) is 0. The van der Waals surface area contributed by atoms with Crippen LogP contribution in [0.1, 0.15) is 17.2 Å². The molecule has 0 unspecified atom stereocenters. The normalized spacial score (nSPS) is 22.3. The third-order valence-corrected chi connectivity index (χ3v) is 5.87. The number of hydrogen-bond donors (Lipinski definition) is 0. The monoisotopic (exact) mass is 468 g/mol. The lowest BCUT2D eigenvalue weighted by atomic mass is 9.90. The van der Waals surface area contributed by atoms with Crippen molar-refractivity contribution in [3.63, 3.8) is 0 Å². The number of fused-ring (bicyclic) bond motifs is 1. The Balaban J connectivity index is 1.53. The number of anilines is 2. The Bertz CT molecular complexity index is 1210. The number of alkyl halides is 3. The lowest BCUT2D eigenvalue weighted by Gasteiger charge is -2.29. The van der Waals surface area contributed by atoms with E-state index < -0.39 is 36.2 Å². The van der Waals surface area contributed by atoms with E-state index >= 15 is 0 Å². The van der Waals surface area contributed by atoms with E-state index in [1.54, 1.807) is 48.5 Å². The number of hydrogen-bond acceptors (Lipinski definition) is 5. The van der Waals surface area contributed by atoms with Gasteiger partial charge in [-0.1, -0.05) is 48.0 Å². The average Bonchev–Trinajstić information content (AvgIpc) is 3.31. The molecule has 34 heavy (non-hydrogen) atoms. The van der Waals surface area contributed by atoms with Crippen molar-refractivity contribution in [3.8, 4) is 5.75 Å². The third kappa shape index (κ3) is 3.88. The Morgan fingerprint density at radius 2 is 1.47 bits per heavy atom. The van der Waals surface area contributed by atoms with Crippen molar-refractivity contribution >= 4 is 23.2 Å². The molecule has 0 saturated carbocycles. The summed E-state index contributed by atoms with van der Waals surface area (Å²) in [5.74, 6) is -2.19. The van der Waals surface area contributed by atoms with Gasteiger partial charge in [-0.2, -0.15) is 0 Å². The second-order valence-electron chi connectivity index (χ2n) is 8.12. The van der Waals surface area contributed by atoms with Crippen LogP contribution < -0.4 is 14.7 Å². The first-order valence-electron chi connectivity index (χ1n) is 10.5. The Hall–Kier alpha value is -3.85. The highest BCUT2D eigenvalue weighted by atomic mass is 19.4. The first-order valence-corrected chi connectivity index (χ1v) is 10.5. The third-order valence-electron chi connectivity index (χ3n) is 5.87. The molecular formula is C25H19F3N2O4. The highest BCUT2D eigenvalue weighted by Crippen LogP contribution is 2.47. The van der Waals surface area contributed by atoms with Gasteiger partial charge in [-0.05, 0) is 48.9 Å². The molecule has 0 N–H and O–H groups in total. The van der Waals surface area contributed by atoms with Crippen LogP contribution in [0.25, 0.3) is 0 Å². The number of halogens is 3. The van der Waals surface area contributed by atoms with Crippen molar-refractivity contribution in [3.05, 3.63) is 90.0 Å². The smallest absolute Gasteiger partial charge is 0.406 e. The van der Waals surface area contributed by atoms with Crippen LogP contribution in [-0.2, 0) is 14.4 Å². The molecule has 5 rings (SSSR count). The van der Waals surface area contributed by atoms with Gasteiger partial charge in [-0.15, -0.1) is 13.2 Å². The molecule has 2 aliphatic rings. The zero-order chi connectivity index (χ0) is 24.0. The number of nitrogens with zero attached hydrogens (tertiary/aromatic N) is 2. The van der Waals surface area contributed by atoms with Crippen molar-refractivity contribution in [2.24, 2.45) is 5.92 Å². The largest absolute Gasteiger partial charge is 0.573 e. The molecule has 3 aromatic carbocycles. The van der Waals surface area contributed by atoms with E-state index in [-0.39, 0.29) is 5.75 Å². The van der Waals surface area contributed by atoms with E-state index in [0.717, 1.165) is 10.5 Å². The molecule has 2 fully saturated rings. The van der Waals surface area contributed by atoms with Crippen molar-refractivity contribution < 1.29 is 32.3 Å². The van der Waals surface area contributed by atoms with Gasteiger partial charge in [0.2, 0.25) is 5.91 Å². The first kappa shape index (κ1) is 22.0. The van der Waals surface area contributed by atoms with Crippen LogP contribution >= 0.6 is 0 Å². The number of aryl methyl sites for hydroxylation is 1. The van der Waals surface area contributed by atoms with Crippen LogP contribution in [0.15, 0.2) is 78.9 Å². The summed E-state index contributed by atoms with van der Waals surface area (Å²) >= 11 is 0. The molecule has 2 amide bonds. The van der Waals surface area contributed by atoms with Crippen molar-refractivity contribution in [1.29, 1.82) is 0 Å². The molecule has 0 spiro atoms. The zero-order valence-electron chi connectivity index (χ0n) is 17.9. The van der Waals surface area contributed by atoms with Gasteiger partial charge in [-0.25, -0.2) is 9.96 Å². The topological polar surface area (TPSA) is 59.1 Å². The van der Waals surface area contributed by atoms with Crippen LogP contribution in [0.4, 0.5) is 24.5 Å². The standard InChI is InChI=1S/C25H19F3N2O4/c1-15-7-11-17(12-8-15)29-23(31)20-21(16-9-13-19(14-10-16)33-25(26,27)28)30(34-22(20)24(29)32)18-5-3-2-4-6-18/h2-14,20-22H,1H3/t20-,21+,22+/m0/s1. The minimum atomic E-state index is -4.82. The van der Waals surface area contributed by atoms with Gasteiger partial charge in [0.05, 0.1) is 17.4 Å². The summed E-state index contributed by atoms with van der Waals surface area (Å²) < 4.78 is 41.7. The molecule has 0 aromatic heterocycles. The van der Waals surface area contributed by atoms with E-state index in [0.29, 0.717) is 16.9 Å². The van der Waals surface area contributed by atoms with E-state index in [9.17, 15) is 22.8 Å². The number of rotatable bonds is 4. The van der Waals surface area contributed by atoms with Crippen LogP contribution in [-0.4, -0.2) is 24.3 Å². The number of ether oxygens (including phenoxy) is 1. The molecular weight excluding hydrogens is 449 g/mol. The highest BCUT2D eigenvalue weighted by Gasteiger charge is 2.60.